The number of nitriles is 2. The van der Waals surface area contributed by atoms with Gasteiger partial charge in [-0.15, -0.1) is 0 Å². The van der Waals surface area contributed by atoms with Crippen molar-refractivity contribution in [3.05, 3.63) is 288 Å². The summed E-state index contributed by atoms with van der Waals surface area (Å²) in [4.78, 5) is 4.46. The van der Waals surface area contributed by atoms with Crippen molar-refractivity contribution in [2.45, 2.75) is 0 Å². The molecule has 0 N–H and O–H groups in total. The van der Waals surface area contributed by atoms with E-state index in [0.29, 0.717) is 11.1 Å². The number of hydrogen-bond acceptors (Lipinski definition) is 4. The van der Waals surface area contributed by atoms with Crippen molar-refractivity contribution in [1.82, 2.24) is 0 Å². The molecule has 0 saturated heterocycles. The van der Waals surface area contributed by atoms with Gasteiger partial charge in [0, 0.05) is 45.3 Å². The van der Waals surface area contributed by atoms with Gasteiger partial charge < -0.3 is 9.80 Å². The van der Waals surface area contributed by atoms with Crippen molar-refractivity contribution in [3.63, 3.8) is 0 Å². The summed E-state index contributed by atoms with van der Waals surface area (Å²) in [6.45, 7) is 0. The van der Waals surface area contributed by atoms with Gasteiger partial charge in [0.05, 0.1) is 11.1 Å². The Balaban J connectivity index is 1.08. The summed E-state index contributed by atoms with van der Waals surface area (Å²) in [6.07, 6.45) is 0. The van der Waals surface area contributed by atoms with E-state index in [1.807, 2.05) is 133 Å². The molecule has 9 rings (SSSR count). The molecular weight excluding hydrogens is 777 g/mol. The van der Waals surface area contributed by atoms with E-state index in [1.165, 1.54) is 0 Å². The molecule has 302 valence electrons. The lowest BCUT2D eigenvalue weighted by molar-refractivity contribution is 1.25. The first kappa shape index (κ1) is 40.4. The van der Waals surface area contributed by atoms with Gasteiger partial charge in [-0.3, -0.25) is 0 Å². The summed E-state index contributed by atoms with van der Waals surface area (Å²) in [5.74, 6) is 0. The fourth-order valence-electron chi connectivity index (χ4n) is 8.21. The molecule has 0 fully saturated rings. The maximum atomic E-state index is 10.7. The Morgan fingerprint density at radius 1 is 0.234 bits per heavy atom. The lowest BCUT2D eigenvalue weighted by atomic mass is 9.90. The SMILES string of the molecule is N#CC(=C(c1ccccc1)c1ccccc1)c1ccc(N(c2ccccc2)c2ccc(N(c3ccccc3)c3ccc(C(C#N)=C(c4ccccc4)c4ccccc4)cc3)cc2)cc1. The van der Waals surface area contributed by atoms with E-state index in [4.69, 9.17) is 0 Å². The Bertz CT molecular complexity index is 2800. The number of benzene rings is 9. The van der Waals surface area contributed by atoms with Crippen molar-refractivity contribution in [3.8, 4) is 12.1 Å². The van der Waals surface area contributed by atoms with Crippen molar-refractivity contribution < 1.29 is 0 Å². The first-order chi connectivity index (χ1) is 31.7. The van der Waals surface area contributed by atoms with Crippen LogP contribution in [0.5, 0.6) is 0 Å². The van der Waals surface area contributed by atoms with Gasteiger partial charge in [0.25, 0.3) is 0 Å². The normalized spacial score (nSPS) is 10.5. The molecule has 0 aliphatic carbocycles. The molecule has 0 aliphatic heterocycles. The van der Waals surface area contributed by atoms with Crippen LogP contribution in [-0.2, 0) is 0 Å². The lowest BCUT2D eigenvalue weighted by Crippen LogP contribution is -2.12. The van der Waals surface area contributed by atoms with E-state index in [9.17, 15) is 10.5 Å². The predicted molar refractivity (Wildman–Crippen MR) is 265 cm³/mol. The molecule has 0 heterocycles. The van der Waals surface area contributed by atoms with Crippen LogP contribution in [0.4, 0.5) is 34.1 Å². The van der Waals surface area contributed by atoms with Crippen LogP contribution in [0.25, 0.3) is 22.3 Å². The summed E-state index contributed by atoms with van der Waals surface area (Å²) < 4.78 is 0. The zero-order valence-electron chi connectivity index (χ0n) is 35.0. The summed E-state index contributed by atoms with van der Waals surface area (Å²) in [5, 5.41) is 21.3. The van der Waals surface area contributed by atoms with Crippen molar-refractivity contribution in [1.29, 1.82) is 10.5 Å². The number of rotatable bonds is 12. The zero-order valence-corrected chi connectivity index (χ0v) is 35.0. The minimum atomic E-state index is 0.612. The molecule has 0 aromatic heterocycles. The molecule has 0 radical (unpaired) electrons. The smallest absolute Gasteiger partial charge is 0.100 e. The molecule has 0 amide bonds. The van der Waals surface area contributed by atoms with Gasteiger partial charge in [0.15, 0.2) is 0 Å². The fourth-order valence-corrected chi connectivity index (χ4v) is 8.21. The largest absolute Gasteiger partial charge is 0.311 e. The lowest BCUT2D eigenvalue weighted by Gasteiger charge is -2.28. The van der Waals surface area contributed by atoms with Gasteiger partial charge in [-0.1, -0.05) is 182 Å². The van der Waals surface area contributed by atoms with Crippen LogP contribution in [0.3, 0.4) is 0 Å². The summed E-state index contributed by atoms with van der Waals surface area (Å²) in [5.41, 5.74) is 14.6. The van der Waals surface area contributed by atoms with Crippen LogP contribution >= 0.6 is 0 Å². The highest BCUT2D eigenvalue weighted by Crippen LogP contribution is 2.41. The Labute approximate surface area is 375 Å². The molecule has 9 aromatic carbocycles. The van der Waals surface area contributed by atoms with Gasteiger partial charge >= 0.3 is 0 Å². The molecule has 64 heavy (non-hydrogen) atoms. The first-order valence-corrected chi connectivity index (χ1v) is 21.2. The number of anilines is 6. The molecule has 9 aromatic rings. The molecule has 4 heteroatoms. The van der Waals surface area contributed by atoms with E-state index >= 15 is 0 Å². The number of para-hydroxylation sites is 2. The van der Waals surface area contributed by atoms with Crippen LogP contribution in [0, 0.1) is 22.7 Å². The minimum absolute atomic E-state index is 0.612. The topological polar surface area (TPSA) is 54.1 Å². The second-order valence-corrected chi connectivity index (χ2v) is 15.1. The maximum Gasteiger partial charge on any atom is 0.100 e. The van der Waals surface area contributed by atoms with Crippen LogP contribution < -0.4 is 9.80 Å². The van der Waals surface area contributed by atoms with Gasteiger partial charge in [-0.05, 0) is 106 Å². The summed E-state index contributed by atoms with van der Waals surface area (Å²) in [7, 11) is 0. The second kappa shape index (κ2) is 19.2. The van der Waals surface area contributed by atoms with Crippen LogP contribution in [-0.4, -0.2) is 0 Å². The molecule has 0 atom stereocenters. The van der Waals surface area contributed by atoms with Gasteiger partial charge in [0.2, 0.25) is 0 Å². The number of hydrogen-bond donors (Lipinski definition) is 0. The second-order valence-electron chi connectivity index (χ2n) is 15.1. The molecule has 0 bridgehead atoms. The van der Waals surface area contributed by atoms with Crippen LogP contribution in [0.15, 0.2) is 255 Å². The highest BCUT2D eigenvalue weighted by atomic mass is 15.2. The van der Waals surface area contributed by atoms with Crippen molar-refractivity contribution in [2.75, 3.05) is 9.80 Å². The zero-order chi connectivity index (χ0) is 43.5. The first-order valence-electron chi connectivity index (χ1n) is 21.2. The van der Waals surface area contributed by atoms with E-state index in [0.717, 1.165) is 78.7 Å². The van der Waals surface area contributed by atoms with E-state index in [1.54, 1.807) is 0 Å². The van der Waals surface area contributed by atoms with Crippen molar-refractivity contribution in [2.24, 2.45) is 0 Å². The van der Waals surface area contributed by atoms with E-state index in [-0.39, 0.29) is 0 Å². The highest BCUT2D eigenvalue weighted by Gasteiger charge is 2.19. The predicted octanol–water partition coefficient (Wildman–Crippen LogP) is 15.6. The Morgan fingerprint density at radius 2 is 0.438 bits per heavy atom. The van der Waals surface area contributed by atoms with Gasteiger partial charge in [0.1, 0.15) is 12.1 Å². The monoisotopic (exact) mass is 818 g/mol. The Morgan fingerprint density at radius 3 is 0.672 bits per heavy atom. The van der Waals surface area contributed by atoms with Crippen LogP contribution in [0.1, 0.15) is 33.4 Å². The van der Waals surface area contributed by atoms with Crippen LogP contribution in [0.2, 0.25) is 0 Å². The molecule has 0 saturated carbocycles. The van der Waals surface area contributed by atoms with Gasteiger partial charge in [-0.25, -0.2) is 0 Å². The quantitative estimate of drug-likeness (QED) is 0.0910. The third-order valence-electron chi connectivity index (χ3n) is 11.2. The minimum Gasteiger partial charge on any atom is -0.311 e. The van der Waals surface area contributed by atoms with Crippen molar-refractivity contribution >= 4 is 56.4 Å². The average molecular weight is 819 g/mol. The average Bonchev–Trinajstić information content (AvgIpc) is 3.38. The molecule has 4 nitrogen and oxygen atoms in total. The van der Waals surface area contributed by atoms with E-state index < -0.39 is 0 Å². The maximum absolute atomic E-state index is 10.7. The van der Waals surface area contributed by atoms with E-state index in [2.05, 4.69) is 143 Å². The fraction of sp³-hybridized carbons (Fsp3) is 0. The number of nitrogens with zero attached hydrogens (tertiary/aromatic N) is 4. The molecular formula is C60H42N4. The highest BCUT2D eigenvalue weighted by molar-refractivity contribution is 6.05. The number of allylic oxidation sites excluding steroid dienone is 2. The van der Waals surface area contributed by atoms with Gasteiger partial charge in [-0.2, -0.15) is 10.5 Å². The summed E-state index contributed by atoms with van der Waals surface area (Å²) in [6, 6.07) is 91.3. The molecule has 0 spiro atoms. The Hall–Kier alpha value is -8.96. The Kier molecular flexibility index (Phi) is 12.1. The standard InChI is InChI=1S/C60H42N4/c61-43-57(59(47-19-7-1-8-20-47)48-21-9-2-10-22-48)45-31-35-53(36-32-45)63(51-27-15-5-16-28-51)55-39-41-56(42-40-55)64(52-29-17-6-18-30-52)54-37-33-46(34-38-54)58(44-62)60(49-23-11-3-12-24-49)50-25-13-4-14-26-50/h1-42H. The third kappa shape index (κ3) is 8.63. The molecule has 0 unspecified atom stereocenters. The third-order valence-corrected chi connectivity index (χ3v) is 11.2. The molecule has 0 aliphatic rings. The summed E-state index contributed by atoms with van der Waals surface area (Å²) >= 11 is 0.